The summed E-state index contributed by atoms with van der Waals surface area (Å²) in [4.78, 5) is 23.9. The average molecular weight is 353 g/mol. The van der Waals surface area contributed by atoms with Crippen molar-refractivity contribution < 1.29 is 14.7 Å². The number of nitrogens with one attached hydrogen (secondary N) is 2. The van der Waals surface area contributed by atoms with Crippen LogP contribution in [0.1, 0.15) is 49.0 Å². The Kier molecular flexibility index (Phi) is 6.91. The minimum Gasteiger partial charge on any atom is -0.508 e. The topological polar surface area (TPSA) is 90.8 Å². The van der Waals surface area contributed by atoms with Crippen molar-refractivity contribution in [3.8, 4) is 5.75 Å². The zero-order valence-electron chi connectivity index (χ0n) is 15.0. The van der Waals surface area contributed by atoms with Crippen LogP contribution >= 0.6 is 0 Å². The lowest BCUT2D eigenvalue weighted by molar-refractivity contribution is -0.116. The number of aromatic hydroxyl groups is 1. The van der Waals surface area contributed by atoms with Gasteiger partial charge in [0.2, 0.25) is 5.91 Å². The molecule has 0 saturated carbocycles. The summed E-state index contributed by atoms with van der Waals surface area (Å²) < 4.78 is 0. The number of anilines is 1. The van der Waals surface area contributed by atoms with Gasteiger partial charge in [0.15, 0.2) is 0 Å². The van der Waals surface area contributed by atoms with Gasteiger partial charge >= 0.3 is 0 Å². The SMILES string of the molecule is CCCCC(=O)Nc1ccc(C(=O)N/N=C(\C)c2ccc(O)cc2)cc1. The molecule has 3 N–H and O–H groups in total. The summed E-state index contributed by atoms with van der Waals surface area (Å²) in [5.41, 5.74) is 5.02. The van der Waals surface area contributed by atoms with Crippen molar-refractivity contribution in [3.63, 3.8) is 0 Å². The summed E-state index contributed by atoms with van der Waals surface area (Å²) in [6.45, 7) is 3.80. The van der Waals surface area contributed by atoms with Crippen LogP contribution in [-0.2, 0) is 4.79 Å². The highest BCUT2D eigenvalue weighted by atomic mass is 16.3. The van der Waals surface area contributed by atoms with Gasteiger partial charge < -0.3 is 10.4 Å². The Labute approximate surface area is 152 Å². The van der Waals surface area contributed by atoms with E-state index >= 15 is 0 Å². The summed E-state index contributed by atoms with van der Waals surface area (Å²) in [5, 5.41) is 16.2. The molecule has 6 heteroatoms. The number of phenols is 1. The van der Waals surface area contributed by atoms with Gasteiger partial charge in [-0.1, -0.05) is 13.3 Å². The van der Waals surface area contributed by atoms with Gasteiger partial charge in [0, 0.05) is 17.7 Å². The second-order valence-corrected chi connectivity index (χ2v) is 5.91. The van der Waals surface area contributed by atoms with Gasteiger partial charge in [-0.25, -0.2) is 5.43 Å². The summed E-state index contributed by atoms with van der Waals surface area (Å²) in [6, 6.07) is 13.2. The van der Waals surface area contributed by atoms with Crippen molar-refractivity contribution in [2.24, 2.45) is 5.10 Å². The van der Waals surface area contributed by atoms with Crippen molar-refractivity contribution in [2.45, 2.75) is 33.1 Å². The molecule has 0 heterocycles. The molecule has 136 valence electrons. The molecule has 0 saturated heterocycles. The second-order valence-electron chi connectivity index (χ2n) is 5.91. The minimum absolute atomic E-state index is 0.0295. The standard InChI is InChI=1S/C20H23N3O3/c1-3-4-5-19(25)21-17-10-6-16(7-11-17)20(26)23-22-14(2)15-8-12-18(24)13-9-15/h6-13,24H,3-5H2,1-2H3,(H,21,25)(H,23,26)/b22-14+. The quantitative estimate of drug-likeness (QED) is 0.524. The normalized spacial score (nSPS) is 11.1. The molecule has 0 radical (unpaired) electrons. The van der Waals surface area contributed by atoms with E-state index in [0.29, 0.717) is 23.4 Å². The van der Waals surface area contributed by atoms with Crippen LogP contribution in [-0.4, -0.2) is 22.6 Å². The van der Waals surface area contributed by atoms with Crippen LogP contribution in [0.4, 0.5) is 5.69 Å². The zero-order chi connectivity index (χ0) is 18.9. The Morgan fingerprint density at radius 3 is 2.23 bits per heavy atom. The molecule has 0 aliphatic carbocycles. The van der Waals surface area contributed by atoms with E-state index in [2.05, 4.69) is 15.8 Å². The van der Waals surface area contributed by atoms with Crippen LogP contribution < -0.4 is 10.7 Å². The van der Waals surface area contributed by atoms with E-state index in [-0.39, 0.29) is 17.6 Å². The maximum absolute atomic E-state index is 12.2. The number of rotatable bonds is 7. The van der Waals surface area contributed by atoms with Gasteiger partial charge in [0.05, 0.1) is 5.71 Å². The lowest BCUT2D eigenvalue weighted by atomic mass is 10.1. The molecule has 2 aromatic carbocycles. The number of nitrogens with zero attached hydrogens (tertiary/aromatic N) is 1. The highest BCUT2D eigenvalue weighted by molar-refractivity contribution is 6.01. The molecule has 0 bridgehead atoms. The van der Waals surface area contributed by atoms with Crippen LogP contribution in [0.5, 0.6) is 5.75 Å². The van der Waals surface area contributed by atoms with Crippen LogP contribution in [0.3, 0.4) is 0 Å². The Morgan fingerprint density at radius 2 is 1.62 bits per heavy atom. The molecule has 0 aliphatic heterocycles. The predicted octanol–water partition coefficient (Wildman–Crippen LogP) is 3.67. The molecule has 0 atom stereocenters. The number of unbranched alkanes of at least 4 members (excludes halogenated alkanes) is 1. The maximum atomic E-state index is 12.2. The van der Waals surface area contributed by atoms with Crippen LogP contribution in [0, 0.1) is 0 Å². The van der Waals surface area contributed by atoms with Crippen molar-refractivity contribution in [1.29, 1.82) is 0 Å². The fourth-order valence-corrected chi connectivity index (χ4v) is 2.23. The Morgan fingerprint density at radius 1 is 1.00 bits per heavy atom. The molecule has 2 rings (SSSR count). The second kappa shape index (κ2) is 9.36. The number of hydrazone groups is 1. The number of hydrogen-bond acceptors (Lipinski definition) is 4. The van der Waals surface area contributed by atoms with Gasteiger partial charge in [-0.3, -0.25) is 9.59 Å². The molecule has 0 fully saturated rings. The highest BCUT2D eigenvalue weighted by Gasteiger charge is 2.07. The van der Waals surface area contributed by atoms with E-state index in [1.165, 1.54) is 0 Å². The van der Waals surface area contributed by atoms with Gasteiger partial charge in [-0.05, 0) is 67.4 Å². The van der Waals surface area contributed by atoms with Crippen LogP contribution in [0.25, 0.3) is 0 Å². The Balaban J connectivity index is 1.94. The van der Waals surface area contributed by atoms with Gasteiger partial charge in [-0.15, -0.1) is 0 Å². The van der Waals surface area contributed by atoms with Crippen molar-refractivity contribution in [1.82, 2.24) is 5.43 Å². The zero-order valence-corrected chi connectivity index (χ0v) is 15.0. The van der Waals surface area contributed by atoms with Gasteiger partial charge in [0.1, 0.15) is 5.75 Å². The fourth-order valence-electron chi connectivity index (χ4n) is 2.23. The van der Waals surface area contributed by atoms with Crippen molar-refractivity contribution >= 4 is 23.2 Å². The monoisotopic (exact) mass is 353 g/mol. The first-order chi connectivity index (χ1) is 12.5. The third kappa shape index (κ3) is 5.73. The first-order valence-corrected chi connectivity index (χ1v) is 8.53. The molecule has 2 aromatic rings. The summed E-state index contributed by atoms with van der Waals surface area (Å²) in [5.74, 6) is -0.197. The number of hydrogen-bond donors (Lipinski definition) is 3. The number of phenolic OH excluding ortho intramolecular Hbond substituents is 1. The lowest BCUT2D eigenvalue weighted by Gasteiger charge is -2.06. The summed E-state index contributed by atoms with van der Waals surface area (Å²) in [6.07, 6.45) is 2.31. The van der Waals surface area contributed by atoms with Crippen molar-refractivity contribution in [2.75, 3.05) is 5.32 Å². The van der Waals surface area contributed by atoms with Crippen LogP contribution in [0.2, 0.25) is 0 Å². The average Bonchev–Trinajstić information content (AvgIpc) is 2.65. The van der Waals surface area contributed by atoms with Crippen molar-refractivity contribution in [3.05, 3.63) is 59.7 Å². The van der Waals surface area contributed by atoms with E-state index in [1.807, 2.05) is 6.92 Å². The fraction of sp³-hybridized carbons (Fsp3) is 0.250. The third-order valence-corrected chi connectivity index (χ3v) is 3.80. The summed E-state index contributed by atoms with van der Waals surface area (Å²) >= 11 is 0. The highest BCUT2D eigenvalue weighted by Crippen LogP contribution is 2.12. The Hall–Kier alpha value is -3.15. The van der Waals surface area contributed by atoms with E-state index < -0.39 is 0 Å². The molecule has 0 unspecified atom stereocenters. The molecule has 0 aromatic heterocycles. The molecule has 0 aliphatic rings. The largest absolute Gasteiger partial charge is 0.508 e. The molecule has 26 heavy (non-hydrogen) atoms. The molecule has 2 amide bonds. The van der Waals surface area contributed by atoms with Gasteiger partial charge in [-0.2, -0.15) is 5.10 Å². The van der Waals surface area contributed by atoms with E-state index in [0.717, 1.165) is 18.4 Å². The maximum Gasteiger partial charge on any atom is 0.271 e. The Bertz CT molecular complexity index is 781. The van der Waals surface area contributed by atoms with E-state index in [4.69, 9.17) is 0 Å². The molecular weight excluding hydrogens is 330 g/mol. The lowest BCUT2D eigenvalue weighted by Crippen LogP contribution is -2.19. The number of carbonyl (C=O) groups is 2. The van der Waals surface area contributed by atoms with E-state index in [1.54, 1.807) is 55.5 Å². The number of carbonyl (C=O) groups excluding carboxylic acids is 2. The third-order valence-electron chi connectivity index (χ3n) is 3.80. The van der Waals surface area contributed by atoms with Crippen LogP contribution in [0.15, 0.2) is 53.6 Å². The molecular formula is C20H23N3O3. The summed E-state index contributed by atoms with van der Waals surface area (Å²) in [7, 11) is 0. The first kappa shape index (κ1) is 19.2. The smallest absolute Gasteiger partial charge is 0.271 e. The number of benzene rings is 2. The van der Waals surface area contributed by atoms with Gasteiger partial charge in [0.25, 0.3) is 5.91 Å². The first-order valence-electron chi connectivity index (χ1n) is 8.53. The molecule has 6 nitrogen and oxygen atoms in total. The predicted molar refractivity (Wildman–Crippen MR) is 102 cm³/mol. The van der Waals surface area contributed by atoms with E-state index in [9.17, 15) is 14.7 Å². The number of amides is 2. The minimum atomic E-state index is -0.341. The molecule has 0 spiro atoms.